The second-order valence-electron chi connectivity index (χ2n) is 5.33. The number of carbonyl (C=O) groups is 2. The molecule has 0 N–H and O–H groups in total. The van der Waals surface area contributed by atoms with Gasteiger partial charge in [0.1, 0.15) is 0 Å². The van der Waals surface area contributed by atoms with Gasteiger partial charge in [0, 0.05) is 19.2 Å². The van der Waals surface area contributed by atoms with Gasteiger partial charge in [0.2, 0.25) is 5.91 Å². The molecular formula is C19H27NO3. The molecule has 0 atom stereocenters. The first-order valence-corrected chi connectivity index (χ1v) is 8.35. The molecule has 0 saturated carbocycles. The van der Waals surface area contributed by atoms with Crippen molar-refractivity contribution in [1.82, 2.24) is 4.90 Å². The molecule has 1 rings (SSSR count). The van der Waals surface area contributed by atoms with Crippen LogP contribution in [0.4, 0.5) is 0 Å². The highest BCUT2D eigenvalue weighted by atomic mass is 16.5. The van der Waals surface area contributed by atoms with Gasteiger partial charge >= 0.3 is 5.97 Å². The van der Waals surface area contributed by atoms with E-state index in [0.29, 0.717) is 19.7 Å². The zero-order valence-electron chi connectivity index (χ0n) is 14.2. The van der Waals surface area contributed by atoms with Gasteiger partial charge in [-0.15, -0.1) is 0 Å². The molecule has 0 aliphatic heterocycles. The minimum Gasteiger partial charge on any atom is -0.466 e. The molecule has 4 heteroatoms. The predicted octanol–water partition coefficient (Wildman–Crippen LogP) is 3.67. The number of ether oxygens (including phenoxy) is 1. The van der Waals surface area contributed by atoms with Crippen LogP contribution in [0.25, 0.3) is 6.08 Å². The van der Waals surface area contributed by atoms with E-state index in [-0.39, 0.29) is 18.3 Å². The molecule has 0 aromatic heterocycles. The molecule has 0 fully saturated rings. The number of unbranched alkanes of at least 4 members (excludes halogenated alkanes) is 2. The monoisotopic (exact) mass is 317 g/mol. The van der Waals surface area contributed by atoms with Crippen LogP contribution in [0.3, 0.4) is 0 Å². The summed E-state index contributed by atoms with van der Waals surface area (Å²) in [6.45, 7) is 5.35. The normalized spacial score (nSPS) is 10.7. The van der Waals surface area contributed by atoms with Crippen LogP contribution < -0.4 is 0 Å². The Morgan fingerprint density at radius 1 is 1.09 bits per heavy atom. The minimum atomic E-state index is -0.257. The average Bonchev–Trinajstić information content (AvgIpc) is 2.57. The highest BCUT2D eigenvalue weighted by Gasteiger charge is 2.12. The number of benzene rings is 1. The van der Waals surface area contributed by atoms with Crippen molar-refractivity contribution in [3.8, 4) is 0 Å². The number of esters is 1. The molecule has 0 saturated heterocycles. The van der Waals surface area contributed by atoms with Gasteiger partial charge in [-0.2, -0.15) is 0 Å². The third kappa shape index (κ3) is 8.19. The molecule has 1 aromatic carbocycles. The maximum atomic E-state index is 12.4. The van der Waals surface area contributed by atoms with Crippen LogP contribution in [0.2, 0.25) is 0 Å². The van der Waals surface area contributed by atoms with Gasteiger partial charge in [-0.25, -0.2) is 0 Å². The zero-order chi connectivity index (χ0) is 16.9. The average molecular weight is 317 g/mol. The Kier molecular flexibility index (Phi) is 9.45. The van der Waals surface area contributed by atoms with Crippen molar-refractivity contribution in [2.75, 3.05) is 19.7 Å². The molecule has 0 bridgehead atoms. The standard InChI is InChI=1S/C19H27NO3/c1-3-5-9-15-20(16-14-19(22)23-4-2)18(21)13-12-17-10-7-6-8-11-17/h6-8,10-13H,3-5,9,14-16H2,1-2H3/b13-12+. The summed E-state index contributed by atoms with van der Waals surface area (Å²) in [5, 5.41) is 0. The van der Waals surface area contributed by atoms with Gasteiger partial charge in [0.25, 0.3) is 0 Å². The summed E-state index contributed by atoms with van der Waals surface area (Å²) in [6.07, 6.45) is 6.74. The molecule has 0 radical (unpaired) electrons. The lowest BCUT2D eigenvalue weighted by atomic mass is 10.2. The van der Waals surface area contributed by atoms with E-state index in [2.05, 4.69) is 6.92 Å². The highest BCUT2D eigenvalue weighted by Crippen LogP contribution is 2.05. The number of hydrogen-bond acceptors (Lipinski definition) is 3. The Morgan fingerprint density at radius 3 is 2.48 bits per heavy atom. The largest absolute Gasteiger partial charge is 0.466 e. The lowest BCUT2D eigenvalue weighted by molar-refractivity contribution is -0.143. The first-order valence-electron chi connectivity index (χ1n) is 8.35. The second kappa shape index (κ2) is 11.5. The Bertz CT molecular complexity index is 497. The van der Waals surface area contributed by atoms with E-state index in [1.165, 1.54) is 0 Å². The first kappa shape index (κ1) is 18.9. The topological polar surface area (TPSA) is 46.6 Å². The molecule has 0 heterocycles. The lowest BCUT2D eigenvalue weighted by Crippen LogP contribution is -2.33. The van der Waals surface area contributed by atoms with Gasteiger partial charge in [-0.3, -0.25) is 9.59 Å². The van der Waals surface area contributed by atoms with Crippen molar-refractivity contribution in [3.05, 3.63) is 42.0 Å². The van der Waals surface area contributed by atoms with Crippen LogP contribution in [-0.2, 0) is 14.3 Å². The van der Waals surface area contributed by atoms with Crippen LogP contribution in [0.1, 0.15) is 45.1 Å². The lowest BCUT2D eigenvalue weighted by Gasteiger charge is -2.20. The Morgan fingerprint density at radius 2 is 1.83 bits per heavy atom. The van der Waals surface area contributed by atoms with E-state index in [1.807, 2.05) is 30.3 Å². The van der Waals surface area contributed by atoms with E-state index < -0.39 is 0 Å². The highest BCUT2D eigenvalue weighted by molar-refractivity contribution is 5.92. The van der Waals surface area contributed by atoms with Gasteiger partial charge in [-0.05, 0) is 25.0 Å². The SMILES string of the molecule is CCCCCN(CCC(=O)OCC)C(=O)/C=C/c1ccccc1. The van der Waals surface area contributed by atoms with Crippen molar-refractivity contribution >= 4 is 18.0 Å². The molecule has 0 aliphatic rings. The van der Waals surface area contributed by atoms with Crippen LogP contribution in [0.5, 0.6) is 0 Å². The van der Waals surface area contributed by atoms with Crippen molar-refractivity contribution in [2.45, 2.75) is 39.5 Å². The van der Waals surface area contributed by atoms with Crippen molar-refractivity contribution in [3.63, 3.8) is 0 Å². The molecule has 0 unspecified atom stereocenters. The third-order valence-corrected chi connectivity index (χ3v) is 3.45. The van der Waals surface area contributed by atoms with Crippen LogP contribution in [0.15, 0.2) is 36.4 Å². The molecule has 1 aromatic rings. The molecule has 0 spiro atoms. The molecule has 0 aliphatic carbocycles. The summed E-state index contributed by atoms with van der Waals surface area (Å²) in [5.74, 6) is -0.318. The quantitative estimate of drug-likeness (QED) is 0.376. The summed E-state index contributed by atoms with van der Waals surface area (Å²) in [5.41, 5.74) is 0.986. The number of rotatable bonds is 10. The van der Waals surface area contributed by atoms with E-state index in [0.717, 1.165) is 24.8 Å². The maximum absolute atomic E-state index is 12.4. The molecular weight excluding hydrogens is 290 g/mol. The molecule has 4 nitrogen and oxygen atoms in total. The van der Waals surface area contributed by atoms with Gasteiger partial charge in [0.05, 0.1) is 13.0 Å². The predicted molar refractivity (Wildman–Crippen MR) is 92.8 cm³/mol. The second-order valence-corrected chi connectivity index (χ2v) is 5.33. The van der Waals surface area contributed by atoms with Crippen LogP contribution >= 0.6 is 0 Å². The van der Waals surface area contributed by atoms with E-state index in [4.69, 9.17) is 4.74 Å². The first-order chi connectivity index (χ1) is 11.2. The van der Waals surface area contributed by atoms with Crippen molar-refractivity contribution in [2.24, 2.45) is 0 Å². The molecule has 23 heavy (non-hydrogen) atoms. The van der Waals surface area contributed by atoms with Crippen LogP contribution in [-0.4, -0.2) is 36.5 Å². The summed E-state index contributed by atoms with van der Waals surface area (Å²) in [6, 6.07) is 9.71. The third-order valence-electron chi connectivity index (χ3n) is 3.45. The van der Waals surface area contributed by atoms with Crippen molar-refractivity contribution in [1.29, 1.82) is 0 Å². The summed E-state index contributed by atoms with van der Waals surface area (Å²) in [4.78, 5) is 25.6. The fraction of sp³-hybridized carbons (Fsp3) is 0.474. The number of carbonyl (C=O) groups excluding carboxylic acids is 2. The summed E-state index contributed by atoms with van der Waals surface area (Å²) >= 11 is 0. The van der Waals surface area contributed by atoms with Gasteiger partial charge in [-0.1, -0.05) is 50.1 Å². The molecule has 126 valence electrons. The summed E-state index contributed by atoms with van der Waals surface area (Å²) in [7, 11) is 0. The Balaban J connectivity index is 2.59. The van der Waals surface area contributed by atoms with E-state index in [1.54, 1.807) is 24.0 Å². The smallest absolute Gasteiger partial charge is 0.307 e. The fourth-order valence-electron chi connectivity index (χ4n) is 2.18. The molecule has 1 amide bonds. The van der Waals surface area contributed by atoms with Crippen molar-refractivity contribution < 1.29 is 14.3 Å². The van der Waals surface area contributed by atoms with Crippen LogP contribution in [0, 0.1) is 0 Å². The Hall–Kier alpha value is -2.10. The van der Waals surface area contributed by atoms with E-state index >= 15 is 0 Å². The van der Waals surface area contributed by atoms with Gasteiger partial charge < -0.3 is 9.64 Å². The summed E-state index contributed by atoms with van der Waals surface area (Å²) < 4.78 is 4.93. The zero-order valence-corrected chi connectivity index (χ0v) is 14.2. The number of nitrogens with zero attached hydrogens (tertiary/aromatic N) is 1. The minimum absolute atomic E-state index is 0.0609. The number of hydrogen-bond donors (Lipinski definition) is 0. The fourth-order valence-corrected chi connectivity index (χ4v) is 2.18. The maximum Gasteiger partial charge on any atom is 0.307 e. The Labute approximate surface area is 139 Å². The van der Waals surface area contributed by atoms with Gasteiger partial charge in [0.15, 0.2) is 0 Å². The number of amides is 1. The van der Waals surface area contributed by atoms with E-state index in [9.17, 15) is 9.59 Å².